The molecule has 19 heteroatoms. The molecule has 0 spiro atoms. The summed E-state index contributed by atoms with van der Waals surface area (Å²) in [5.74, 6) is -2.19. The van der Waals surface area contributed by atoms with E-state index >= 15 is 0 Å². The smallest absolute Gasteiger partial charge is 0.274 e. The Morgan fingerprint density at radius 2 is 1.91 bits per heavy atom. The molecule has 1 saturated heterocycles. The summed E-state index contributed by atoms with van der Waals surface area (Å²) >= 11 is 6.47. The molecule has 17 nitrogen and oxygen atoms in total. The van der Waals surface area contributed by atoms with E-state index in [0.717, 1.165) is 12.8 Å². The number of amides is 4. The van der Waals surface area contributed by atoms with Crippen molar-refractivity contribution in [2.24, 2.45) is 13.0 Å². The molecule has 3 fully saturated rings. The lowest BCUT2D eigenvalue weighted by Gasteiger charge is -2.30. The average Bonchev–Trinajstić information content (AvgIpc) is 3.96. The fourth-order valence-electron chi connectivity index (χ4n) is 7.59. The number of aryl methyl sites for hydroxylation is 1. The van der Waals surface area contributed by atoms with Gasteiger partial charge in [-0.15, -0.1) is 5.10 Å². The number of carbonyl (C=O) groups excluding carboxylic acids is 4. The minimum absolute atomic E-state index is 0.00805. The molecule has 3 aromatic rings. The van der Waals surface area contributed by atoms with E-state index in [1.807, 2.05) is 26.0 Å². The third-order valence-corrected chi connectivity index (χ3v) is 13.7. The molecule has 5 atom stereocenters. The molecule has 7 rings (SSSR count). The number of allylic oxidation sites excluding steroid dienone is 1. The second-order valence-electron chi connectivity index (χ2n) is 16.1. The number of carbonyl (C=O) groups is 4. The van der Waals surface area contributed by atoms with E-state index in [-0.39, 0.29) is 43.5 Å². The van der Waals surface area contributed by atoms with Crippen LogP contribution in [0.3, 0.4) is 0 Å². The minimum Gasteiger partial charge on any atom is -0.493 e. The van der Waals surface area contributed by atoms with Crippen molar-refractivity contribution in [1.82, 2.24) is 40.2 Å². The molecule has 0 bridgehead atoms. The molecule has 58 heavy (non-hydrogen) atoms. The topological polar surface area (TPSA) is 213 Å². The van der Waals surface area contributed by atoms with E-state index in [4.69, 9.17) is 25.8 Å². The number of methoxy groups -OCH3 is 1. The zero-order valence-electron chi connectivity index (χ0n) is 33.1. The van der Waals surface area contributed by atoms with E-state index in [0.29, 0.717) is 53.1 Å². The van der Waals surface area contributed by atoms with E-state index in [1.165, 1.54) is 23.0 Å². The maximum Gasteiger partial charge on any atom is 0.274 e. The van der Waals surface area contributed by atoms with Crippen LogP contribution in [0.15, 0.2) is 36.5 Å². The number of hydrogen-bond donors (Lipinski definition) is 3. The largest absolute Gasteiger partial charge is 0.493 e. The number of pyridine rings is 1. The minimum atomic E-state index is -4.02. The van der Waals surface area contributed by atoms with E-state index in [9.17, 15) is 27.6 Å². The van der Waals surface area contributed by atoms with Crippen LogP contribution in [0.2, 0.25) is 5.02 Å². The molecule has 4 heterocycles. The Hall–Kier alpha value is -4.97. The summed E-state index contributed by atoms with van der Waals surface area (Å²) in [5.41, 5.74) is -1.15. The van der Waals surface area contributed by atoms with Crippen LogP contribution < -0.4 is 29.6 Å². The van der Waals surface area contributed by atoms with E-state index < -0.39 is 68.0 Å². The monoisotopic (exact) mass is 840 g/mol. The molecule has 4 amide bonds. The highest BCUT2D eigenvalue weighted by atomic mass is 35.5. The fraction of sp³-hybridized carbons (Fsp3) is 0.564. The lowest BCUT2D eigenvalue weighted by molar-refractivity contribution is -0.141. The Morgan fingerprint density at radius 3 is 2.60 bits per heavy atom. The Bertz CT molecular complexity index is 2260. The van der Waals surface area contributed by atoms with Gasteiger partial charge in [0.25, 0.3) is 11.8 Å². The molecule has 4 aliphatic rings. The van der Waals surface area contributed by atoms with Gasteiger partial charge in [-0.3, -0.25) is 23.9 Å². The molecule has 0 radical (unpaired) electrons. The first-order valence-corrected chi connectivity index (χ1v) is 21.4. The maximum atomic E-state index is 14.7. The number of sulfonamides is 1. The van der Waals surface area contributed by atoms with E-state index in [1.54, 1.807) is 32.2 Å². The predicted molar refractivity (Wildman–Crippen MR) is 212 cm³/mol. The van der Waals surface area contributed by atoms with Gasteiger partial charge in [-0.05, 0) is 71.4 Å². The normalized spacial score (nSPS) is 25.8. The molecular weight excluding hydrogens is 792 g/mol. The van der Waals surface area contributed by atoms with Crippen molar-refractivity contribution < 1.29 is 41.8 Å². The number of benzene rings is 1. The van der Waals surface area contributed by atoms with Gasteiger partial charge in [-0.1, -0.05) is 36.6 Å². The second kappa shape index (κ2) is 16.0. The molecule has 2 aliphatic carbocycles. The third kappa shape index (κ3) is 8.30. The highest BCUT2D eigenvalue weighted by Gasteiger charge is 2.63. The first kappa shape index (κ1) is 41.2. The van der Waals surface area contributed by atoms with Crippen LogP contribution in [0.25, 0.3) is 10.9 Å². The van der Waals surface area contributed by atoms with E-state index in [2.05, 4.69) is 30.5 Å². The van der Waals surface area contributed by atoms with Crippen LogP contribution in [-0.2, 0) is 31.5 Å². The van der Waals surface area contributed by atoms with Gasteiger partial charge in [-0.25, -0.2) is 13.4 Å². The standard InChI is InChI=1S/C39H49ClN8O9S/c1-22(2)56-31-18-30(25-13-14-26(40)33(55-5)32(25)43-31)57-24-17-29-35(50)44-39(37(52)46-58(53,54)38(3)15-16-38)19-23(39)11-9-7-6-8-10-12-27(36(51)48(29)21-24)42-34(49)28-20-41-47(4)45-28/h9,11,13-14,18,20,22-24,27,29H,6-8,10,12,15-17,19,21H2,1-5H3,(H,42,49)(H,44,50)(H,46,52)/t23-,24-,27+,29+,39-/m1/s1. The number of aromatic nitrogens is 4. The number of nitrogens with zero attached hydrogens (tertiary/aromatic N) is 5. The van der Waals surface area contributed by atoms with Gasteiger partial charge >= 0.3 is 0 Å². The van der Waals surface area contributed by atoms with Crippen molar-refractivity contribution >= 4 is 56.2 Å². The van der Waals surface area contributed by atoms with Crippen LogP contribution in [0, 0.1) is 5.92 Å². The summed E-state index contributed by atoms with van der Waals surface area (Å²) < 4.78 is 45.8. The van der Waals surface area contributed by atoms with Crippen molar-refractivity contribution in [2.75, 3.05) is 13.7 Å². The Kier molecular flexibility index (Phi) is 11.4. The zero-order valence-corrected chi connectivity index (χ0v) is 34.7. The van der Waals surface area contributed by atoms with Gasteiger partial charge in [0.2, 0.25) is 27.7 Å². The number of nitrogens with one attached hydrogen (secondary N) is 3. The maximum absolute atomic E-state index is 14.7. The van der Waals surface area contributed by atoms with Gasteiger partial charge in [0.1, 0.15) is 35.0 Å². The number of fused-ring (bicyclic) bond motifs is 3. The molecule has 2 aromatic heterocycles. The van der Waals surface area contributed by atoms with Crippen molar-refractivity contribution in [3.8, 4) is 17.4 Å². The Labute approximate surface area is 341 Å². The highest BCUT2D eigenvalue weighted by molar-refractivity contribution is 7.91. The SMILES string of the molecule is COc1c(Cl)ccc2c(O[C@@H]3C[C@H]4C(=O)N[C@]5(C(=O)NS(=O)(=O)C6(C)CC6)C[C@H]5C=CCCCCC[C@H](NC(=O)c5cnn(C)n5)C(=O)N4C3)cc(OC(C)C)nc12. The molecule has 1 aromatic carbocycles. The number of rotatable bonds is 10. The molecule has 2 aliphatic heterocycles. The van der Waals surface area contributed by atoms with Crippen molar-refractivity contribution in [3.63, 3.8) is 0 Å². The number of halogens is 1. The van der Waals surface area contributed by atoms with Crippen LogP contribution in [0.4, 0.5) is 0 Å². The summed E-state index contributed by atoms with van der Waals surface area (Å²) in [4.78, 5) is 63.8. The van der Waals surface area contributed by atoms with Crippen LogP contribution in [-0.4, -0.2) is 105 Å². The predicted octanol–water partition coefficient (Wildman–Crippen LogP) is 3.35. The van der Waals surface area contributed by atoms with Gasteiger partial charge in [-0.2, -0.15) is 9.90 Å². The van der Waals surface area contributed by atoms with Crippen LogP contribution in [0.1, 0.15) is 89.0 Å². The first-order valence-electron chi connectivity index (χ1n) is 19.6. The zero-order chi connectivity index (χ0) is 41.6. The summed E-state index contributed by atoms with van der Waals surface area (Å²) in [5, 5.41) is 14.6. The van der Waals surface area contributed by atoms with Gasteiger partial charge in [0, 0.05) is 30.8 Å². The Morgan fingerprint density at radius 1 is 1.14 bits per heavy atom. The van der Waals surface area contributed by atoms with Crippen LogP contribution >= 0.6 is 11.6 Å². The molecule has 0 unspecified atom stereocenters. The number of hydrogen-bond acceptors (Lipinski definition) is 12. The average molecular weight is 841 g/mol. The Balaban J connectivity index is 1.23. The van der Waals surface area contributed by atoms with Gasteiger partial charge < -0.3 is 29.7 Å². The lowest BCUT2D eigenvalue weighted by atomic mass is 10.0. The summed E-state index contributed by atoms with van der Waals surface area (Å²) in [6.07, 6.45) is 8.13. The quantitative estimate of drug-likeness (QED) is 0.251. The summed E-state index contributed by atoms with van der Waals surface area (Å²) in [7, 11) is -0.977. The molecule has 312 valence electrons. The van der Waals surface area contributed by atoms with Gasteiger partial charge in [0.15, 0.2) is 11.4 Å². The number of ether oxygens (including phenoxy) is 3. The van der Waals surface area contributed by atoms with Gasteiger partial charge in [0.05, 0.1) is 35.7 Å². The van der Waals surface area contributed by atoms with Crippen molar-refractivity contribution in [2.45, 2.75) is 113 Å². The molecule has 3 N–H and O–H groups in total. The first-order chi connectivity index (χ1) is 27.5. The third-order valence-electron chi connectivity index (χ3n) is 11.3. The highest BCUT2D eigenvalue weighted by Crippen LogP contribution is 2.48. The summed E-state index contributed by atoms with van der Waals surface area (Å²) in [6, 6.07) is 2.78. The van der Waals surface area contributed by atoms with Crippen LogP contribution in [0.5, 0.6) is 17.4 Å². The lowest BCUT2D eigenvalue weighted by Crippen LogP contribution is -2.58. The van der Waals surface area contributed by atoms with Crippen molar-refractivity contribution in [3.05, 3.63) is 47.3 Å². The summed E-state index contributed by atoms with van der Waals surface area (Å²) in [6.45, 7) is 5.21. The molecule has 2 saturated carbocycles. The fourth-order valence-corrected chi connectivity index (χ4v) is 9.13. The molecular formula is C39H49ClN8O9S. The van der Waals surface area contributed by atoms with Crippen molar-refractivity contribution in [1.29, 1.82) is 0 Å². The second-order valence-corrected chi connectivity index (χ2v) is 18.7.